The lowest BCUT2D eigenvalue weighted by atomic mass is 10.2. The zero-order chi connectivity index (χ0) is 10.9. The number of hydrogen-bond acceptors (Lipinski definition) is 3. The summed E-state index contributed by atoms with van der Waals surface area (Å²) in [5.74, 6) is 0.752. The molecule has 0 saturated heterocycles. The van der Waals surface area contributed by atoms with Gasteiger partial charge >= 0.3 is 0 Å². The number of fused-ring (bicyclic) bond motifs is 1. The molecule has 0 bridgehead atoms. The van der Waals surface area contributed by atoms with Crippen molar-refractivity contribution in [3.8, 4) is 5.75 Å². The molecule has 15 heavy (non-hydrogen) atoms. The van der Waals surface area contributed by atoms with Crippen LogP contribution in [-0.2, 0) is 10.0 Å². The first-order chi connectivity index (χ1) is 7.15. The Kier molecular flexibility index (Phi) is 2.56. The third-order valence-corrected chi connectivity index (χ3v) is 4.17. The molecular formula is C10H13NO3S. The summed E-state index contributed by atoms with van der Waals surface area (Å²) in [7, 11) is -3.18. The predicted octanol–water partition coefficient (Wildman–Crippen LogP) is 1.24. The van der Waals surface area contributed by atoms with Crippen LogP contribution >= 0.6 is 0 Å². The number of nitrogens with zero attached hydrogens (tertiary/aromatic N) is 1. The molecule has 4 nitrogen and oxygen atoms in total. The van der Waals surface area contributed by atoms with E-state index in [1.165, 1.54) is 4.31 Å². The lowest BCUT2D eigenvalue weighted by Crippen LogP contribution is -2.38. The molecule has 2 rings (SSSR count). The van der Waals surface area contributed by atoms with Gasteiger partial charge in [-0.3, -0.25) is 4.31 Å². The van der Waals surface area contributed by atoms with Crippen LogP contribution < -0.4 is 9.04 Å². The van der Waals surface area contributed by atoms with E-state index >= 15 is 0 Å². The van der Waals surface area contributed by atoms with Gasteiger partial charge in [-0.05, 0) is 19.1 Å². The minimum absolute atomic E-state index is 0.112. The monoisotopic (exact) mass is 227 g/mol. The second-order valence-electron chi connectivity index (χ2n) is 3.29. The number of benzene rings is 1. The topological polar surface area (TPSA) is 46.6 Å². The Morgan fingerprint density at radius 3 is 2.87 bits per heavy atom. The SMILES string of the molecule is CCS(=O)(=O)N1CCOc2ccccc21. The van der Waals surface area contributed by atoms with Gasteiger partial charge in [0.25, 0.3) is 0 Å². The van der Waals surface area contributed by atoms with Gasteiger partial charge in [0.1, 0.15) is 12.4 Å². The van der Waals surface area contributed by atoms with Crippen LogP contribution in [0.4, 0.5) is 5.69 Å². The summed E-state index contributed by atoms with van der Waals surface area (Å²) in [5, 5.41) is 0. The van der Waals surface area contributed by atoms with E-state index in [2.05, 4.69) is 0 Å². The molecule has 0 aromatic heterocycles. The van der Waals surface area contributed by atoms with E-state index in [1.54, 1.807) is 19.1 Å². The molecule has 1 aliphatic heterocycles. The molecule has 0 spiro atoms. The van der Waals surface area contributed by atoms with Crippen LogP contribution in [0.15, 0.2) is 24.3 Å². The molecule has 1 aromatic rings. The minimum atomic E-state index is -3.18. The van der Waals surface area contributed by atoms with Gasteiger partial charge < -0.3 is 4.74 Å². The lowest BCUT2D eigenvalue weighted by molar-refractivity contribution is 0.316. The Morgan fingerprint density at radius 1 is 1.40 bits per heavy atom. The average molecular weight is 227 g/mol. The van der Waals surface area contributed by atoms with E-state index in [-0.39, 0.29) is 5.75 Å². The maximum absolute atomic E-state index is 11.8. The molecule has 1 aliphatic rings. The number of ether oxygens (including phenoxy) is 1. The second kappa shape index (κ2) is 3.73. The molecule has 0 saturated carbocycles. The smallest absolute Gasteiger partial charge is 0.235 e. The Labute approximate surface area is 89.5 Å². The largest absolute Gasteiger partial charge is 0.489 e. The van der Waals surface area contributed by atoms with Crippen LogP contribution in [0.25, 0.3) is 0 Å². The molecule has 1 heterocycles. The summed E-state index contributed by atoms with van der Waals surface area (Å²) in [5.41, 5.74) is 0.644. The van der Waals surface area contributed by atoms with Crippen molar-refractivity contribution < 1.29 is 13.2 Å². The normalized spacial score (nSPS) is 15.7. The Bertz CT molecular complexity index is 455. The number of anilines is 1. The maximum atomic E-state index is 11.8. The van der Waals surface area contributed by atoms with E-state index in [9.17, 15) is 8.42 Å². The molecule has 0 atom stereocenters. The quantitative estimate of drug-likeness (QED) is 0.763. The van der Waals surface area contributed by atoms with Crippen molar-refractivity contribution in [2.24, 2.45) is 0 Å². The summed E-state index contributed by atoms with van der Waals surface area (Å²) in [6, 6.07) is 7.20. The Balaban J connectivity index is 2.47. The van der Waals surface area contributed by atoms with Crippen LogP contribution in [0.3, 0.4) is 0 Å². The van der Waals surface area contributed by atoms with Gasteiger partial charge in [0.05, 0.1) is 18.0 Å². The second-order valence-corrected chi connectivity index (χ2v) is 5.47. The molecule has 0 unspecified atom stereocenters. The average Bonchev–Trinajstić information content (AvgIpc) is 2.28. The van der Waals surface area contributed by atoms with Crippen LogP contribution in [0.5, 0.6) is 5.75 Å². The fourth-order valence-electron chi connectivity index (χ4n) is 1.59. The van der Waals surface area contributed by atoms with Crippen molar-refractivity contribution >= 4 is 15.7 Å². The highest BCUT2D eigenvalue weighted by molar-refractivity contribution is 7.92. The van der Waals surface area contributed by atoms with Gasteiger partial charge in [0, 0.05) is 0 Å². The third kappa shape index (κ3) is 1.79. The van der Waals surface area contributed by atoms with E-state index in [1.807, 2.05) is 12.1 Å². The third-order valence-electron chi connectivity index (χ3n) is 2.39. The molecule has 0 amide bonds. The lowest BCUT2D eigenvalue weighted by Gasteiger charge is -2.29. The molecule has 82 valence electrons. The fraction of sp³-hybridized carbons (Fsp3) is 0.400. The van der Waals surface area contributed by atoms with Gasteiger partial charge in [-0.2, -0.15) is 0 Å². The van der Waals surface area contributed by atoms with Crippen LogP contribution in [0.2, 0.25) is 0 Å². The number of sulfonamides is 1. The summed E-state index contributed by atoms with van der Waals surface area (Å²) in [4.78, 5) is 0. The van der Waals surface area contributed by atoms with Crippen LogP contribution in [0.1, 0.15) is 6.92 Å². The first-order valence-electron chi connectivity index (χ1n) is 4.87. The zero-order valence-electron chi connectivity index (χ0n) is 8.51. The zero-order valence-corrected chi connectivity index (χ0v) is 9.33. The summed E-state index contributed by atoms with van der Waals surface area (Å²) < 4.78 is 30.4. The van der Waals surface area contributed by atoms with Crippen LogP contribution in [0, 0.1) is 0 Å². The molecule has 0 radical (unpaired) electrons. The van der Waals surface area contributed by atoms with Gasteiger partial charge in [0.15, 0.2) is 0 Å². The molecule has 5 heteroatoms. The molecule has 0 N–H and O–H groups in total. The van der Waals surface area contributed by atoms with Crippen LogP contribution in [-0.4, -0.2) is 27.3 Å². The number of para-hydroxylation sites is 2. The summed E-state index contributed by atoms with van der Waals surface area (Å²) >= 11 is 0. The molecule has 0 aliphatic carbocycles. The first-order valence-corrected chi connectivity index (χ1v) is 6.48. The van der Waals surface area contributed by atoms with Gasteiger partial charge in [-0.1, -0.05) is 12.1 Å². The van der Waals surface area contributed by atoms with E-state index < -0.39 is 10.0 Å². The Morgan fingerprint density at radius 2 is 2.13 bits per heavy atom. The van der Waals surface area contributed by atoms with Gasteiger partial charge in [0.2, 0.25) is 10.0 Å². The van der Waals surface area contributed by atoms with Crippen molar-refractivity contribution in [2.45, 2.75) is 6.92 Å². The molecular weight excluding hydrogens is 214 g/mol. The fourth-order valence-corrected chi connectivity index (χ4v) is 2.70. The van der Waals surface area contributed by atoms with Gasteiger partial charge in [-0.25, -0.2) is 8.42 Å². The highest BCUT2D eigenvalue weighted by Crippen LogP contribution is 2.32. The van der Waals surface area contributed by atoms with Gasteiger partial charge in [-0.15, -0.1) is 0 Å². The Hall–Kier alpha value is -1.23. The molecule has 0 fully saturated rings. The van der Waals surface area contributed by atoms with Crippen molar-refractivity contribution in [3.63, 3.8) is 0 Å². The standard InChI is InChI=1S/C10H13NO3S/c1-2-15(12,13)11-7-8-14-10-6-4-3-5-9(10)11/h3-6H,2,7-8H2,1H3. The van der Waals surface area contributed by atoms with Crippen molar-refractivity contribution in [3.05, 3.63) is 24.3 Å². The van der Waals surface area contributed by atoms with E-state index in [0.29, 0.717) is 24.6 Å². The maximum Gasteiger partial charge on any atom is 0.235 e. The van der Waals surface area contributed by atoms with Crippen molar-refractivity contribution in [2.75, 3.05) is 23.2 Å². The summed E-state index contributed by atoms with van der Waals surface area (Å²) in [6.45, 7) is 2.46. The number of hydrogen-bond donors (Lipinski definition) is 0. The minimum Gasteiger partial charge on any atom is -0.489 e. The summed E-state index contributed by atoms with van der Waals surface area (Å²) in [6.07, 6.45) is 0. The predicted molar refractivity (Wildman–Crippen MR) is 58.7 cm³/mol. The van der Waals surface area contributed by atoms with E-state index in [0.717, 1.165) is 0 Å². The highest BCUT2D eigenvalue weighted by Gasteiger charge is 2.26. The molecule has 1 aromatic carbocycles. The van der Waals surface area contributed by atoms with E-state index in [4.69, 9.17) is 4.74 Å². The first kappa shape index (κ1) is 10.3. The number of rotatable bonds is 2. The van der Waals surface area contributed by atoms with Crippen molar-refractivity contribution in [1.82, 2.24) is 0 Å². The highest BCUT2D eigenvalue weighted by atomic mass is 32.2. The van der Waals surface area contributed by atoms with Crippen molar-refractivity contribution in [1.29, 1.82) is 0 Å².